The molecule has 0 aromatic carbocycles. The highest BCUT2D eigenvalue weighted by molar-refractivity contribution is 6.07. The van der Waals surface area contributed by atoms with Crippen molar-refractivity contribution >= 4 is 17.4 Å². The van der Waals surface area contributed by atoms with Crippen molar-refractivity contribution in [3.8, 4) is 5.82 Å². The lowest BCUT2D eigenvalue weighted by atomic mass is 9.93. The normalized spacial score (nSPS) is 15.4. The first kappa shape index (κ1) is 21.3. The summed E-state index contributed by atoms with van der Waals surface area (Å²) in [7, 11) is 0. The van der Waals surface area contributed by atoms with Gasteiger partial charge >= 0.3 is 0 Å². The van der Waals surface area contributed by atoms with Crippen LogP contribution in [0.15, 0.2) is 49.1 Å². The standard InChI is InChI=1S/C24H28N8O.H2/c1-16(2)30-11-7-18(8-12-30)20-13-22(32(29-20)21-6-5-17(3)14-26-21)28-24(33)19-15-27-31-10-4-9-25-23(19)31;/h4-6,9-10,13-16,18H,7-8,11-12H2,1-3H3,(H,28,33);1H. The second-order valence-corrected chi connectivity index (χ2v) is 8.86. The molecular formula is C24H30N8O. The molecule has 0 bridgehead atoms. The van der Waals surface area contributed by atoms with Crippen LogP contribution in [0.3, 0.4) is 0 Å². The van der Waals surface area contributed by atoms with Crippen molar-refractivity contribution < 1.29 is 6.22 Å². The number of aromatic nitrogens is 6. The number of carbonyl (C=O) groups is 1. The summed E-state index contributed by atoms with van der Waals surface area (Å²) >= 11 is 0. The van der Waals surface area contributed by atoms with Crippen LogP contribution in [-0.4, -0.2) is 59.3 Å². The lowest BCUT2D eigenvalue weighted by Crippen LogP contribution is -2.37. The molecule has 33 heavy (non-hydrogen) atoms. The maximum Gasteiger partial charge on any atom is 0.262 e. The fraction of sp³-hybridized carbons (Fsp3) is 0.375. The van der Waals surface area contributed by atoms with Crippen LogP contribution in [0.4, 0.5) is 5.82 Å². The summed E-state index contributed by atoms with van der Waals surface area (Å²) in [5.74, 6) is 1.33. The largest absolute Gasteiger partial charge is 0.306 e. The van der Waals surface area contributed by atoms with Crippen LogP contribution in [0.5, 0.6) is 0 Å². The van der Waals surface area contributed by atoms with Gasteiger partial charge in [-0.3, -0.25) is 4.79 Å². The van der Waals surface area contributed by atoms with Gasteiger partial charge in [-0.05, 0) is 64.4 Å². The van der Waals surface area contributed by atoms with Crippen molar-refractivity contribution in [3.63, 3.8) is 0 Å². The Morgan fingerprint density at radius 1 is 1.18 bits per heavy atom. The number of amides is 1. The van der Waals surface area contributed by atoms with Crippen molar-refractivity contribution in [3.05, 3.63) is 65.9 Å². The SMILES string of the molecule is Cc1ccc(-n2nc(C3CCN(C(C)C)CC3)cc2NC(=O)c2cnn3cccnc23)nc1.[HH]. The van der Waals surface area contributed by atoms with Gasteiger partial charge in [0.15, 0.2) is 11.5 Å². The second-order valence-electron chi connectivity index (χ2n) is 8.86. The first-order valence-corrected chi connectivity index (χ1v) is 11.4. The number of aryl methyl sites for hydroxylation is 1. The lowest BCUT2D eigenvalue weighted by Gasteiger charge is -2.33. The molecule has 172 valence electrons. The van der Waals surface area contributed by atoms with Crippen LogP contribution in [0.2, 0.25) is 0 Å². The first-order chi connectivity index (χ1) is 16.0. The summed E-state index contributed by atoms with van der Waals surface area (Å²) < 4.78 is 3.31. The third-order valence-electron chi connectivity index (χ3n) is 6.28. The maximum absolute atomic E-state index is 13.2. The molecule has 5 heterocycles. The van der Waals surface area contributed by atoms with Crippen molar-refractivity contribution in [1.29, 1.82) is 0 Å². The molecule has 1 aliphatic rings. The molecule has 0 aliphatic carbocycles. The molecule has 1 saturated heterocycles. The van der Waals surface area contributed by atoms with Gasteiger partial charge in [-0.1, -0.05) is 6.07 Å². The van der Waals surface area contributed by atoms with E-state index in [1.807, 2.05) is 25.1 Å². The first-order valence-electron chi connectivity index (χ1n) is 11.4. The van der Waals surface area contributed by atoms with Crippen LogP contribution in [0.25, 0.3) is 11.5 Å². The minimum absolute atomic E-state index is 0. The Labute approximate surface area is 193 Å². The second kappa shape index (κ2) is 8.74. The van der Waals surface area contributed by atoms with E-state index in [0.717, 1.165) is 37.2 Å². The van der Waals surface area contributed by atoms with Gasteiger partial charge < -0.3 is 10.2 Å². The quantitative estimate of drug-likeness (QED) is 0.502. The lowest BCUT2D eigenvalue weighted by molar-refractivity contribution is 0.102. The van der Waals surface area contributed by atoms with E-state index in [4.69, 9.17) is 5.10 Å². The van der Waals surface area contributed by atoms with Crippen molar-refractivity contribution in [2.45, 2.75) is 45.6 Å². The molecule has 4 aromatic rings. The summed E-state index contributed by atoms with van der Waals surface area (Å²) in [6, 6.07) is 8.21. The number of nitrogens with one attached hydrogen (secondary N) is 1. The minimum Gasteiger partial charge on any atom is -0.306 e. The van der Waals surface area contributed by atoms with Crippen molar-refractivity contribution in [2.24, 2.45) is 0 Å². The summed E-state index contributed by atoms with van der Waals surface area (Å²) in [6.45, 7) is 8.57. The van der Waals surface area contributed by atoms with Gasteiger partial charge in [-0.2, -0.15) is 14.9 Å². The van der Waals surface area contributed by atoms with Gasteiger partial charge in [0.25, 0.3) is 5.91 Å². The fourth-order valence-corrected chi connectivity index (χ4v) is 4.33. The zero-order valence-electron chi connectivity index (χ0n) is 19.1. The Balaban J connectivity index is 0.00000274. The van der Waals surface area contributed by atoms with Gasteiger partial charge in [0, 0.05) is 38.0 Å². The molecule has 1 aliphatic heterocycles. The Kier molecular flexibility index (Phi) is 5.63. The Hall–Kier alpha value is -3.59. The number of rotatable bonds is 5. The molecule has 5 rings (SSSR count). The molecule has 9 heteroatoms. The number of pyridine rings is 1. The summed E-state index contributed by atoms with van der Waals surface area (Å²) in [5.41, 5.74) is 2.96. The number of fused-ring (bicyclic) bond motifs is 1. The van der Waals surface area contributed by atoms with Gasteiger partial charge in [0.05, 0.1) is 11.9 Å². The summed E-state index contributed by atoms with van der Waals surface area (Å²) in [5, 5.41) is 12.1. The van der Waals surface area contributed by atoms with Crippen molar-refractivity contribution in [1.82, 2.24) is 34.3 Å². The topological polar surface area (TPSA) is 93.2 Å². The van der Waals surface area contributed by atoms with E-state index in [-0.39, 0.29) is 7.33 Å². The van der Waals surface area contributed by atoms with Crippen LogP contribution in [-0.2, 0) is 0 Å². The average Bonchev–Trinajstić information content (AvgIpc) is 3.44. The molecule has 0 radical (unpaired) electrons. The van der Waals surface area contributed by atoms with E-state index in [1.165, 1.54) is 6.20 Å². The smallest absolute Gasteiger partial charge is 0.262 e. The van der Waals surface area contributed by atoms with E-state index in [2.05, 4.69) is 39.1 Å². The van der Waals surface area contributed by atoms with Gasteiger partial charge in [-0.25, -0.2) is 14.5 Å². The Bertz CT molecular complexity index is 1270. The number of hydrogen-bond donors (Lipinski definition) is 1. The van der Waals surface area contributed by atoms with Crippen molar-refractivity contribution in [2.75, 3.05) is 18.4 Å². The van der Waals surface area contributed by atoms with E-state index in [0.29, 0.717) is 34.8 Å². The molecule has 0 atom stereocenters. The average molecular weight is 447 g/mol. The highest BCUT2D eigenvalue weighted by atomic mass is 16.1. The predicted octanol–water partition coefficient (Wildman–Crippen LogP) is 3.70. The van der Waals surface area contributed by atoms with Crippen LogP contribution in [0, 0.1) is 6.92 Å². The zero-order chi connectivity index (χ0) is 22.9. The number of carbonyl (C=O) groups excluding carboxylic acids is 1. The highest BCUT2D eigenvalue weighted by Gasteiger charge is 2.26. The van der Waals surface area contributed by atoms with Gasteiger partial charge in [-0.15, -0.1) is 0 Å². The Morgan fingerprint density at radius 3 is 2.73 bits per heavy atom. The van der Waals surface area contributed by atoms with E-state index >= 15 is 0 Å². The van der Waals surface area contributed by atoms with Crippen LogP contribution >= 0.6 is 0 Å². The molecule has 0 spiro atoms. The highest BCUT2D eigenvalue weighted by Crippen LogP contribution is 2.31. The molecule has 9 nitrogen and oxygen atoms in total. The molecule has 1 N–H and O–H groups in total. The molecule has 1 amide bonds. The zero-order valence-corrected chi connectivity index (χ0v) is 19.1. The number of piperidine rings is 1. The summed E-state index contributed by atoms with van der Waals surface area (Å²) in [6.07, 6.45) is 8.84. The van der Waals surface area contributed by atoms with Gasteiger partial charge in [0.2, 0.25) is 0 Å². The number of likely N-dealkylation sites (tertiary alicyclic amines) is 1. The third-order valence-corrected chi connectivity index (χ3v) is 6.28. The van der Waals surface area contributed by atoms with E-state index < -0.39 is 0 Å². The molecule has 0 saturated carbocycles. The van der Waals surface area contributed by atoms with E-state index in [1.54, 1.807) is 33.9 Å². The Morgan fingerprint density at radius 2 is 2.00 bits per heavy atom. The molecular weight excluding hydrogens is 416 g/mol. The number of nitrogens with zero attached hydrogens (tertiary/aromatic N) is 7. The molecule has 1 fully saturated rings. The van der Waals surface area contributed by atoms with E-state index in [9.17, 15) is 4.79 Å². The predicted molar refractivity (Wildman–Crippen MR) is 128 cm³/mol. The summed E-state index contributed by atoms with van der Waals surface area (Å²) in [4.78, 5) is 24.5. The monoisotopic (exact) mass is 446 g/mol. The fourth-order valence-electron chi connectivity index (χ4n) is 4.33. The number of hydrogen-bond acceptors (Lipinski definition) is 6. The van der Waals surface area contributed by atoms with Gasteiger partial charge in [0.1, 0.15) is 11.4 Å². The third kappa shape index (κ3) is 4.23. The van der Waals surface area contributed by atoms with Crippen LogP contribution in [0.1, 0.15) is 55.6 Å². The van der Waals surface area contributed by atoms with Crippen LogP contribution < -0.4 is 5.32 Å². The minimum atomic E-state index is -0.280. The maximum atomic E-state index is 13.2. The molecule has 4 aromatic heterocycles. The number of anilines is 1. The molecule has 0 unspecified atom stereocenters.